The number of nitrogens with two attached hydrogens (primary N) is 3. The summed E-state index contributed by atoms with van der Waals surface area (Å²) in [6.07, 6.45) is 3.38. The fourth-order valence-electron chi connectivity index (χ4n) is 3.55. The topological polar surface area (TPSA) is 244 Å². The van der Waals surface area contributed by atoms with Crippen LogP contribution in [0.2, 0.25) is 0 Å². The Labute approximate surface area is 231 Å². The number of carboxylic acids is 1. The molecule has 0 aliphatic heterocycles. The molecule has 0 fully saturated rings. The molecule has 0 bridgehead atoms. The summed E-state index contributed by atoms with van der Waals surface area (Å²) >= 11 is 4.01. The highest BCUT2D eigenvalue weighted by Gasteiger charge is 2.30. The van der Waals surface area contributed by atoms with Crippen molar-refractivity contribution in [3.05, 3.63) is 54.1 Å². The summed E-state index contributed by atoms with van der Waals surface area (Å²) < 4.78 is 0. The number of aromatic nitrogens is 2. The van der Waals surface area contributed by atoms with Gasteiger partial charge in [0.15, 0.2) is 5.96 Å². The largest absolute Gasteiger partial charge is 0.480 e. The second-order valence-electron chi connectivity index (χ2n) is 8.73. The van der Waals surface area contributed by atoms with Gasteiger partial charge in [-0.3, -0.25) is 19.4 Å². The lowest BCUT2D eigenvalue weighted by Crippen LogP contribution is -2.58. The van der Waals surface area contributed by atoms with Gasteiger partial charge < -0.3 is 43.2 Å². The van der Waals surface area contributed by atoms with E-state index >= 15 is 0 Å². The van der Waals surface area contributed by atoms with Gasteiger partial charge in [0.05, 0.1) is 12.4 Å². The number of aliphatic imine (C=N–C) groups is 1. The molecule has 3 amide bonds. The Bertz CT molecular complexity index is 1110. The maximum Gasteiger partial charge on any atom is 0.326 e. The van der Waals surface area contributed by atoms with E-state index in [1.54, 1.807) is 30.3 Å². The highest BCUT2D eigenvalue weighted by molar-refractivity contribution is 7.80. The SMILES string of the molecule is NC(N)=NCCCC(NC(=O)C(N)CS)C(=O)NC(Cc1cnc[nH]1)C(=O)NC(Cc1ccccc1)C(=O)O. The first-order chi connectivity index (χ1) is 18.6. The van der Waals surface area contributed by atoms with E-state index in [1.165, 1.54) is 12.5 Å². The number of carboxylic acid groups (broad SMARTS) is 1. The number of amides is 3. The van der Waals surface area contributed by atoms with Gasteiger partial charge in [0.2, 0.25) is 17.7 Å². The summed E-state index contributed by atoms with van der Waals surface area (Å²) in [4.78, 5) is 61.5. The summed E-state index contributed by atoms with van der Waals surface area (Å²) in [6.45, 7) is 0.207. The Kier molecular flexibility index (Phi) is 12.8. The second-order valence-corrected chi connectivity index (χ2v) is 9.10. The standard InChI is InChI=1S/C24H35N9O5S/c25-16(12-39)20(34)31-17(7-4-8-29-24(26)27)21(35)32-18(10-15-11-28-13-30-15)22(36)33-19(23(37)38)9-14-5-2-1-3-6-14/h1-3,5-6,11,13,16-19,39H,4,7-10,12,25H2,(H,28,30)(H,31,34)(H,32,35)(H,33,36)(H,37,38)(H4,26,27,29). The lowest BCUT2D eigenvalue weighted by molar-refractivity contribution is -0.142. The van der Waals surface area contributed by atoms with E-state index in [-0.39, 0.29) is 37.5 Å². The Morgan fingerprint density at radius 2 is 1.62 bits per heavy atom. The minimum absolute atomic E-state index is 0.0138. The first-order valence-electron chi connectivity index (χ1n) is 12.2. The number of imidazole rings is 1. The Hall–Kier alpha value is -4.11. The average Bonchev–Trinajstić information content (AvgIpc) is 3.42. The predicted octanol–water partition coefficient (Wildman–Crippen LogP) is -1.96. The van der Waals surface area contributed by atoms with Gasteiger partial charge in [-0.2, -0.15) is 12.6 Å². The van der Waals surface area contributed by atoms with Gasteiger partial charge >= 0.3 is 5.97 Å². The Balaban J connectivity index is 2.21. The molecule has 4 atom stereocenters. The number of carbonyl (C=O) groups excluding carboxylic acids is 3. The lowest BCUT2D eigenvalue weighted by Gasteiger charge is -2.25. The lowest BCUT2D eigenvalue weighted by atomic mass is 10.0. The summed E-state index contributed by atoms with van der Waals surface area (Å²) in [5.41, 5.74) is 17.7. The second kappa shape index (κ2) is 16.0. The molecule has 0 spiro atoms. The summed E-state index contributed by atoms with van der Waals surface area (Å²) in [5.74, 6) is -3.29. The van der Waals surface area contributed by atoms with Crippen LogP contribution in [0.1, 0.15) is 24.1 Å². The number of rotatable bonds is 16. The van der Waals surface area contributed by atoms with E-state index < -0.39 is 47.9 Å². The van der Waals surface area contributed by atoms with Crippen molar-refractivity contribution in [2.75, 3.05) is 12.3 Å². The molecule has 0 saturated carbocycles. The number of guanidine groups is 1. The number of hydrogen-bond acceptors (Lipinski definition) is 8. The normalized spacial score (nSPS) is 13.8. The van der Waals surface area contributed by atoms with Crippen molar-refractivity contribution in [1.82, 2.24) is 25.9 Å². The third kappa shape index (κ3) is 11.0. The van der Waals surface area contributed by atoms with Crippen molar-refractivity contribution < 1.29 is 24.3 Å². The molecule has 4 unspecified atom stereocenters. The van der Waals surface area contributed by atoms with Crippen LogP contribution in [0.15, 0.2) is 47.8 Å². The van der Waals surface area contributed by atoms with Crippen molar-refractivity contribution >= 4 is 42.3 Å². The molecular formula is C24H35N9O5S. The molecular weight excluding hydrogens is 526 g/mol. The van der Waals surface area contributed by atoms with Crippen LogP contribution in [0.5, 0.6) is 0 Å². The first kappa shape index (κ1) is 31.1. The number of H-pyrrole nitrogens is 1. The monoisotopic (exact) mass is 561 g/mol. The van der Waals surface area contributed by atoms with Crippen LogP contribution in [0.4, 0.5) is 0 Å². The fourth-order valence-corrected chi connectivity index (χ4v) is 3.72. The number of hydrogen-bond donors (Lipinski definition) is 9. The molecule has 212 valence electrons. The Morgan fingerprint density at radius 3 is 2.21 bits per heavy atom. The van der Waals surface area contributed by atoms with Crippen molar-refractivity contribution in [2.45, 2.75) is 49.9 Å². The van der Waals surface area contributed by atoms with Crippen LogP contribution >= 0.6 is 12.6 Å². The smallest absolute Gasteiger partial charge is 0.326 e. The van der Waals surface area contributed by atoms with E-state index in [0.717, 1.165) is 0 Å². The van der Waals surface area contributed by atoms with E-state index in [9.17, 15) is 24.3 Å². The molecule has 0 aliphatic rings. The molecule has 2 aromatic rings. The molecule has 0 aliphatic carbocycles. The molecule has 14 nitrogen and oxygen atoms in total. The highest BCUT2D eigenvalue weighted by Crippen LogP contribution is 2.07. The number of nitrogens with one attached hydrogen (secondary N) is 4. The first-order valence-corrected chi connectivity index (χ1v) is 12.8. The zero-order valence-electron chi connectivity index (χ0n) is 21.2. The number of aromatic amines is 1. The van der Waals surface area contributed by atoms with Gasteiger partial charge in [-0.15, -0.1) is 0 Å². The third-order valence-electron chi connectivity index (χ3n) is 5.62. The van der Waals surface area contributed by atoms with Crippen molar-refractivity contribution in [3.63, 3.8) is 0 Å². The number of aliphatic carboxylic acids is 1. The molecule has 11 N–H and O–H groups in total. The molecule has 39 heavy (non-hydrogen) atoms. The van der Waals surface area contributed by atoms with E-state index in [0.29, 0.717) is 17.7 Å². The van der Waals surface area contributed by atoms with Crippen molar-refractivity contribution in [3.8, 4) is 0 Å². The summed E-state index contributed by atoms with van der Waals surface area (Å²) in [7, 11) is 0. The summed E-state index contributed by atoms with van der Waals surface area (Å²) in [5, 5.41) is 17.4. The van der Waals surface area contributed by atoms with E-state index in [2.05, 4.69) is 43.5 Å². The zero-order chi connectivity index (χ0) is 28.8. The maximum atomic E-state index is 13.3. The van der Waals surface area contributed by atoms with Crippen LogP contribution in [0, 0.1) is 0 Å². The van der Waals surface area contributed by atoms with Crippen LogP contribution < -0.4 is 33.2 Å². The van der Waals surface area contributed by atoms with Crippen LogP contribution in [0.3, 0.4) is 0 Å². The number of benzene rings is 1. The average molecular weight is 562 g/mol. The molecule has 1 aromatic heterocycles. The van der Waals surface area contributed by atoms with Gasteiger partial charge in [0.1, 0.15) is 18.1 Å². The number of carbonyl (C=O) groups is 4. The number of thiol groups is 1. The van der Waals surface area contributed by atoms with Crippen LogP contribution in [-0.2, 0) is 32.0 Å². The van der Waals surface area contributed by atoms with E-state index in [4.69, 9.17) is 17.2 Å². The fraction of sp³-hybridized carbons (Fsp3) is 0.417. The quantitative estimate of drug-likeness (QED) is 0.0477. The molecule has 15 heteroatoms. The van der Waals surface area contributed by atoms with Gasteiger partial charge in [-0.1, -0.05) is 30.3 Å². The van der Waals surface area contributed by atoms with E-state index in [1.807, 2.05) is 0 Å². The van der Waals surface area contributed by atoms with Gasteiger partial charge in [0.25, 0.3) is 0 Å². The molecule has 0 radical (unpaired) electrons. The predicted molar refractivity (Wildman–Crippen MR) is 148 cm³/mol. The van der Waals surface area contributed by atoms with Crippen LogP contribution in [0.25, 0.3) is 0 Å². The zero-order valence-corrected chi connectivity index (χ0v) is 22.1. The minimum atomic E-state index is -1.25. The minimum Gasteiger partial charge on any atom is -0.480 e. The molecule has 1 heterocycles. The number of nitrogens with zero attached hydrogens (tertiary/aromatic N) is 2. The molecule has 1 aromatic carbocycles. The summed E-state index contributed by atoms with van der Waals surface area (Å²) in [6, 6.07) is 4.35. The maximum absolute atomic E-state index is 13.3. The van der Waals surface area contributed by atoms with Gasteiger partial charge in [0, 0.05) is 37.0 Å². The van der Waals surface area contributed by atoms with Crippen molar-refractivity contribution in [2.24, 2.45) is 22.2 Å². The highest BCUT2D eigenvalue weighted by atomic mass is 32.1. The third-order valence-corrected chi connectivity index (χ3v) is 6.01. The van der Waals surface area contributed by atoms with Gasteiger partial charge in [-0.25, -0.2) is 9.78 Å². The van der Waals surface area contributed by atoms with Gasteiger partial charge in [-0.05, 0) is 18.4 Å². The molecule has 2 rings (SSSR count). The Morgan fingerprint density at radius 1 is 0.974 bits per heavy atom. The van der Waals surface area contributed by atoms with Crippen LogP contribution in [-0.4, -0.2) is 81.2 Å². The molecule has 0 saturated heterocycles. The van der Waals surface area contributed by atoms with Crippen molar-refractivity contribution in [1.29, 1.82) is 0 Å².